The highest BCUT2D eigenvalue weighted by molar-refractivity contribution is 4.84. The molecule has 1 unspecified atom stereocenters. The van der Waals surface area contributed by atoms with Crippen molar-refractivity contribution in [3.63, 3.8) is 0 Å². The van der Waals surface area contributed by atoms with Crippen LogP contribution in [0, 0.1) is 0 Å². The summed E-state index contributed by atoms with van der Waals surface area (Å²) in [7, 11) is 0. The standard InChI is InChI=1S/C14H25FO4/c15-6-8-16-9-10-17-11-12-18-13-14-5-3-1-2-4-7-19-14/h1-2,14H,3-13H2. The highest BCUT2D eigenvalue weighted by atomic mass is 19.1. The molecule has 1 aliphatic rings. The van der Waals surface area contributed by atoms with Crippen LogP contribution in [0.15, 0.2) is 12.2 Å². The summed E-state index contributed by atoms with van der Waals surface area (Å²) in [5.74, 6) is 0. The van der Waals surface area contributed by atoms with Crippen LogP contribution in [0.3, 0.4) is 0 Å². The summed E-state index contributed by atoms with van der Waals surface area (Å²) in [6, 6.07) is 0. The van der Waals surface area contributed by atoms with E-state index in [4.69, 9.17) is 18.9 Å². The van der Waals surface area contributed by atoms with Crippen LogP contribution in [0.25, 0.3) is 0 Å². The zero-order valence-corrected chi connectivity index (χ0v) is 11.5. The Labute approximate surface area is 114 Å². The van der Waals surface area contributed by atoms with Gasteiger partial charge in [-0.3, -0.25) is 0 Å². The van der Waals surface area contributed by atoms with E-state index >= 15 is 0 Å². The van der Waals surface area contributed by atoms with Gasteiger partial charge in [-0.2, -0.15) is 0 Å². The second kappa shape index (κ2) is 12.5. The number of ether oxygens (including phenoxy) is 4. The molecule has 0 bridgehead atoms. The molecule has 0 aliphatic carbocycles. The molecule has 4 nitrogen and oxygen atoms in total. The molecule has 0 spiro atoms. The largest absolute Gasteiger partial charge is 0.377 e. The van der Waals surface area contributed by atoms with Gasteiger partial charge in [0.15, 0.2) is 0 Å². The molecular weight excluding hydrogens is 251 g/mol. The van der Waals surface area contributed by atoms with E-state index < -0.39 is 6.67 Å². The van der Waals surface area contributed by atoms with Crippen LogP contribution < -0.4 is 0 Å². The molecule has 0 aromatic heterocycles. The topological polar surface area (TPSA) is 36.9 Å². The number of allylic oxidation sites excluding steroid dienone is 1. The van der Waals surface area contributed by atoms with Crippen LogP contribution >= 0.6 is 0 Å². The monoisotopic (exact) mass is 276 g/mol. The number of halogens is 1. The van der Waals surface area contributed by atoms with Gasteiger partial charge in [-0.25, -0.2) is 4.39 Å². The fraction of sp³-hybridized carbons (Fsp3) is 0.857. The lowest BCUT2D eigenvalue weighted by atomic mass is 10.1. The van der Waals surface area contributed by atoms with Crippen LogP contribution in [-0.2, 0) is 18.9 Å². The molecule has 5 heteroatoms. The Hall–Kier alpha value is -0.490. The molecule has 0 amide bonds. The van der Waals surface area contributed by atoms with E-state index in [1.54, 1.807) is 0 Å². The summed E-state index contributed by atoms with van der Waals surface area (Å²) < 4.78 is 33.1. The summed E-state index contributed by atoms with van der Waals surface area (Å²) in [5.41, 5.74) is 0. The van der Waals surface area contributed by atoms with Crippen molar-refractivity contribution in [1.29, 1.82) is 0 Å². The SMILES string of the molecule is FCCOCCOCCOCC1CCC=CCCO1. The van der Waals surface area contributed by atoms with E-state index in [-0.39, 0.29) is 12.7 Å². The normalized spacial score (nSPS) is 20.2. The van der Waals surface area contributed by atoms with E-state index in [2.05, 4.69) is 12.2 Å². The van der Waals surface area contributed by atoms with E-state index in [0.29, 0.717) is 33.0 Å². The Kier molecular flexibility index (Phi) is 10.9. The van der Waals surface area contributed by atoms with Crippen molar-refractivity contribution < 1.29 is 23.3 Å². The maximum absolute atomic E-state index is 11.7. The van der Waals surface area contributed by atoms with Crippen LogP contribution in [-0.4, -0.2) is 59.0 Å². The van der Waals surface area contributed by atoms with Crippen molar-refractivity contribution in [1.82, 2.24) is 0 Å². The van der Waals surface area contributed by atoms with Gasteiger partial charge in [0.1, 0.15) is 6.67 Å². The minimum absolute atomic E-state index is 0.146. The molecule has 0 aromatic carbocycles. The Balaban J connectivity index is 1.85. The maximum atomic E-state index is 11.7. The summed E-state index contributed by atoms with van der Waals surface area (Å²) >= 11 is 0. The molecule has 1 rings (SSSR count). The Morgan fingerprint density at radius 1 is 0.947 bits per heavy atom. The van der Waals surface area contributed by atoms with E-state index in [9.17, 15) is 4.39 Å². The zero-order chi connectivity index (χ0) is 13.6. The Morgan fingerprint density at radius 2 is 1.63 bits per heavy atom. The summed E-state index contributed by atoms with van der Waals surface area (Å²) in [6.45, 7) is 3.09. The second-order valence-electron chi connectivity index (χ2n) is 4.32. The molecule has 1 aliphatic heterocycles. The van der Waals surface area contributed by atoms with Gasteiger partial charge in [0, 0.05) is 0 Å². The maximum Gasteiger partial charge on any atom is 0.113 e. The fourth-order valence-corrected chi connectivity index (χ4v) is 1.74. The van der Waals surface area contributed by atoms with Crippen LogP contribution in [0.1, 0.15) is 19.3 Å². The lowest BCUT2D eigenvalue weighted by molar-refractivity contribution is -0.0384. The van der Waals surface area contributed by atoms with Gasteiger partial charge in [-0.1, -0.05) is 12.2 Å². The first-order valence-electron chi connectivity index (χ1n) is 6.99. The molecule has 0 aromatic rings. The first kappa shape index (κ1) is 16.6. The highest BCUT2D eigenvalue weighted by Crippen LogP contribution is 2.08. The molecule has 0 radical (unpaired) electrons. The molecule has 0 fully saturated rings. The smallest absolute Gasteiger partial charge is 0.113 e. The van der Waals surface area contributed by atoms with Crippen LogP contribution in [0.4, 0.5) is 4.39 Å². The third kappa shape index (κ3) is 10.0. The van der Waals surface area contributed by atoms with Crippen molar-refractivity contribution >= 4 is 0 Å². The average molecular weight is 276 g/mol. The highest BCUT2D eigenvalue weighted by Gasteiger charge is 2.09. The van der Waals surface area contributed by atoms with Gasteiger partial charge in [0.25, 0.3) is 0 Å². The number of alkyl halides is 1. The summed E-state index contributed by atoms with van der Waals surface area (Å²) in [4.78, 5) is 0. The van der Waals surface area contributed by atoms with Gasteiger partial charge in [0.2, 0.25) is 0 Å². The molecule has 1 atom stereocenters. The van der Waals surface area contributed by atoms with Crippen LogP contribution in [0.5, 0.6) is 0 Å². The van der Waals surface area contributed by atoms with Gasteiger partial charge < -0.3 is 18.9 Å². The quantitative estimate of drug-likeness (QED) is 0.452. The van der Waals surface area contributed by atoms with Crippen molar-refractivity contribution in [3.8, 4) is 0 Å². The summed E-state index contributed by atoms with van der Waals surface area (Å²) in [6.07, 6.45) is 7.60. The van der Waals surface area contributed by atoms with Gasteiger partial charge in [-0.15, -0.1) is 0 Å². The fourth-order valence-electron chi connectivity index (χ4n) is 1.74. The molecule has 0 N–H and O–H groups in total. The predicted octanol–water partition coefficient (Wildman–Crippen LogP) is 2.13. The third-order valence-electron chi connectivity index (χ3n) is 2.73. The number of hydrogen-bond donors (Lipinski definition) is 0. The van der Waals surface area contributed by atoms with Crippen molar-refractivity contribution in [2.45, 2.75) is 25.4 Å². The molecule has 0 saturated heterocycles. The minimum Gasteiger partial charge on any atom is -0.377 e. The first-order chi connectivity index (χ1) is 9.43. The number of hydrogen-bond acceptors (Lipinski definition) is 4. The van der Waals surface area contributed by atoms with Crippen molar-refractivity contribution in [3.05, 3.63) is 12.2 Å². The third-order valence-corrected chi connectivity index (χ3v) is 2.73. The first-order valence-corrected chi connectivity index (χ1v) is 6.99. The van der Waals surface area contributed by atoms with E-state index in [0.717, 1.165) is 25.9 Å². The van der Waals surface area contributed by atoms with Gasteiger partial charge in [-0.05, 0) is 19.3 Å². The van der Waals surface area contributed by atoms with Crippen molar-refractivity contribution in [2.24, 2.45) is 0 Å². The predicted molar refractivity (Wildman–Crippen MR) is 71.2 cm³/mol. The van der Waals surface area contributed by atoms with Gasteiger partial charge in [0.05, 0.1) is 52.4 Å². The van der Waals surface area contributed by atoms with Gasteiger partial charge >= 0.3 is 0 Å². The summed E-state index contributed by atoms with van der Waals surface area (Å²) in [5, 5.41) is 0. The van der Waals surface area contributed by atoms with E-state index in [1.807, 2.05) is 0 Å². The molecular formula is C14H25FO4. The second-order valence-corrected chi connectivity index (χ2v) is 4.32. The van der Waals surface area contributed by atoms with Crippen LogP contribution in [0.2, 0.25) is 0 Å². The van der Waals surface area contributed by atoms with Crippen molar-refractivity contribution in [2.75, 3.05) is 52.9 Å². The Morgan fingerprint density at radius 3 is 2.42 bits per heavy atom. The lowest BCUT2D eigenvalue weighted by Crippen LogP contribution is -2.22. The minimum atomic E-state index is -0.445. The van der Waals surface area contributed by atoms with E-state index in [1.165, 1.54) is 0 Å². The molecule has 0 saturated carbocycles. The molecule has 112 valence electrons. The lowest BCUT2D eigenvalue weighted by Gasteiger charge is -2.18. The Bertz CT molecular complexity index is 223. The zero-order valence-electron chi connectivity index (χ0n) is 11.5. The molecule has 1 heterocycles. The molecule has 19 heavy (non-hydrogen) atoms. The average Bonchev–Trinajstić information content (AvgIpc) is 2.39. The number of rotatable bonds is 10.